The summed E-state index contributed by atoms with van der Waals surface area (Å²) in [5, 5.41) is 1.15. The molecule has 2 fully saturated rings. The molecule has 190 valence electrons. The van der Waals surface area contributed by atoms with Gasteiger partial charge in [-0.3, -0.25) is 0 Å². The van der Waals surface area contributed by atoms with Gasteiger partial charge in [0.05, 0.1) is 17.3 Å². The van der Waals surface area contributed by atoms with Crippen LogP contribution in [-0.4, -0.2) is 45.9 Å². The van der Waals surface area contributed by atoms with Crippen molar-refractivity contribution in [2.75, 3.05) is 11.9 Å². The van der Waals surface area contributed by atoms with Crippen LogP contribution < -0.4 is 0 Å². The molecule has 1 saturated carbocycles. The van der Waals surface area contributed by atoms with Crippen LogP contribution in [0.25, 0.3) is 0 Å². The maximum absolute atomic E-state index is 7.20. The Kier molecular flexibility index (Phi) is 6.87. The number of halogens is 1. The van der Waals surface area contributed by atoms with E-state index in [4.69, 9.17) is 13.6 Å². The fraction of sp³-hybridized carbons (Fsp3) is 0.852. The maximum Gasteiger partial charge on any atom is 0.192 e. The van der Waals surface area contributed by atoms with E-state index in [2.05, 4.69) is 116 Å². The molecule has 0 radical (unpaired) electrons. The average molecular weight is 558 g/mol. The largest absolute Gasteiger partial charge is 0.416 e. The van der Waals surface area contributed by atoms with Crippen LogP contribution in [0.3, 0.4) is 0 Å². The normalized spacial score (nSPS) is 39.3. The summed E-state index contributed by atoms with van der Waals surface area (Å²) in [6.45, 7) is 33.3. The molecule has 0 aromatic heterocycles. The van der Waals surface area contributed by atoms with Gasteiger partial charge in [0.1, 0.15) is 0 Å². The van der Waals surface area contributed by atoms with Crippen molar-refractivity contribution in [3.05, 3.63) is 24.3 Å². The number of ether oxygens (including phenoxy) is 1. The lowest BCUT2D eigenvalue weighted by molar-refractivity contribution is -0.134. The first kappa shape index (κ1) is 27.9. The second kappa shape index (κ2) is 8.14. The summed E-state index contributed by atoms with van der Waals surface area (Å²) in [5.41, 5.74) is 0.319. The third-order valence-electron chi connectivity index (χ3n) is 10.2. The first-order chi connectivity index (χ1) is 14.7. The van der Waals surface area contributed by atoms with E-state index in [1.807, 2.05) is 0 Å². The molecule has 3 nitrogen and oxygen atoms in total. The molecule has 0 N–H and O–H groups in total. The van der Waals surface area contributed by atoms with Gasteiger partial charge < -0.3 is 13.6 Å². The number of hydrogen-bond donors (Lipinski definition) is 0. The van der Waals surface area contributed by atoms with Crippen molar-refractivity contribution in [3.8, 4) is 0 Å². The average Bonchev–Trinajstić information content (AvgIpc) is 2.97. The van der Waals surface area contributed by atoms with Gasteiger partial charge in [-0.25, -0.2) is 0 Å². The maximum atomic E-state index is 7.20. The van der Waals surface area contributed by atoms with Crippen molar-refractivity contribution in [1.82, 2.24) is 0 Å². The summed E-state index contributed by atoms with van der Waals surface area (Å²) in [6.07, 6.45) is 5.69. The van der Waals surface area contributed by atoms with Gasteiger partial charge in [-0.15, -0.1) is 0 Å². The predicted octanol–water partition coefficient (Wildman–Crippen LogP) is 8.09. The highest BCUT2D eigenvalue weighted by Gasteiger charge is 2.72. The Bertz CT molecular complexity index is 824. The fourth-order valence-corrected chi connectivity index (χ4v) is 8.38. The molecule has 2 aliphatic carbocycles. The zero-order valence-corrected chi connectivity index (χ0v) is 26.9. The standard InChI is InChI=1S/C27H49BrO3Si2/c1-19-22(30-33(12,13)24(5,6)7)16-27-21(17-29-32(10,11)23(2,3)4)20(14-15-25(19,27)8)26(9,18-28)31-27/h14-15,20-22H,1,16-18H2,2-13H3/t20-,21+,22-,25+,26-,27-/m1/s1. The summed E-state index contributed by atoms with van der Waals surface area (Å²) >= 11 is 3.80. The number of alkyl halides is 1. The molecule has 33 heavy (non-hydrogen) atoms. The lowest BCUT2D eigenvalue weighted by Gasteiger charge is -2.47. The van der Waals surface area contributed by atoms with E-state index < -0.39 is 16.6 Å². The van der Waals surface area contributed by atoms with Crippen molar-refractivity contribution in [1.29, 1.82) is 0 Å². The molecule has 0 unspecified atom stereocenters. The van der Waals surface area contributed by atoms with Crippen molar-refractivity contribution < 1.29 is 13.6 Å². The Labute approximate surface area is 214 Å². The number of rotatable bonds is 6. The zero-order chi connectivity index (χ0) is 25.5. The van der Waals surface area contributed by atoms with E-state index in [9.17, 15) is 0 Å². The Morgan fingerprint density at radius 2 is 1.61 bits per heavy atom. The van der Waals surface area contributed by atoms with Crippen LogP contribution in [0.5, 0.6) is 0 Å². The molecule has 6 atom stereocenters. The SMILES string of the molecule is C=C1[C@H](O[Si](C)(C)C(C)(C)C)C[C@]23O[C@](C)(CBr)[C@H](C=C[C@@]12C)[C@@H]3CO[Si](C)(C)C(C)(C)C. The predicted molar refractivity (Wildman–Crippen MR) is 149 cm³/mol. The van der Waals surface area contributed by atoms with Crippen molar-refractivity contribution in [3.63, 3.8) is 0 Å². The van der Waals surface area contributed by atoms with Crippen LogP contribution in [0.4, 0.5) is 0 Å². The second-order valence-electron chi connectivity index (χ2n) is 14.3. The molecule has 1 heterocycles. The second-order valence-corrected chi connectivity index (χ2v) is 24.4. The highest BCUT2D eigenvalue weighted by molar-refractivity contribution is 9.09. The summed E-state index contributed by atoms with van der Waals surface area (Å²) < 4.78 is 21.1. The molecule has 2 bridgehead atoms. The molecule has 6 heteroatoms. The molecule has 0 aromatic rings. The summed E-state index contributed by atoms with van der Waals surface area (Å²) in [7, 11) is -3.84. The van der Waals surface area contributed by atoms with E-state index in [0.717, 1.165) is 18.4 Å². The Hall–Kier alpha value is 0.274. The van der Waals surface area contributed by atoms with Gasteiger partial charge in [0.15, 0.2) is 16.6 Å². The van der Waals surface area contributed by atoms with Gasteiger partial charge in [0, 0.05) is 35.6 Å². The van der Waals surface area contributed by atoms with Crippen molar-refractivity contribution in [2.45, 2.75) is 115 Å². The van der Waals surface area contributed by atoms with Gasteiger partial charge in [0.2, 0.25) is 0 Å². The molecule has 1 aliphatic heterocycles. The lowest BCUT2D eigenvalue weighted by Crippen LogP contribution is -2.52. The molecule has 0 amide bonds. The summed E-state index contributed by atoms with van der Waals surface area (Å²) in [6, 6.07) is 0. The zero-order valence-electron chi connectivity index (χ0n) is 23.3. The highest BCUT2D eigenvalue weighted by atomic mass is 79.9. The minimum absolute atomic E-state index is 0.0207. The summed E-state index contributed by atoms with van der Waals surface area (Å²) in [5.74, 6) is 0.600. The van der Waals surface area contributed by atoms with E-state index in [-0.39, 0.29) is 38.7 Å². The minimum atomic E-state index is -1.95. The van der Waals surface area contributed by atoms with Crippen molar-refractivity contribution >= 4 is 32.6 Å². The van der Waals surface area contributed by atoms with Crippen LogP contribution in [0.1, 0.15) is 61.8 Å². The van der Waals surface area contributed by atoms with Gasteiger partial charge in [-0.1, -0.05) is 76.2 Å². The first-order valence-electron chi connectivity index (χ1n) is 12.6. The summed E-state index contributed by atoms with van der Waals surface area (Å²) in [4.78, 5) is 0. The van der Waals surface area contributed by atoms with Crippen LogP contribution in [-0.2, 0) is 13.6 Å². The van der Waals surface area contributed by atoms with Gasteiger partial charge in [0.25, 0.3) is 0 Å². The van der Waals surface area contributed by atoms with E-state index in [0.29, 0.717) is 5.92 Å². The monoisotopic (exact) mass is 556 g/mol. The van der Waals surface area contributed by atoms with Gasteiger partial charge >= 0.3 is 0 Å². The third kappa shape index (κ3) is 4.16. The van der Waals surface area contributed by atoms with E-state index in [1.54, 1.807) is 0 Å². The van der Waals surface area contributed by atoms with Crippen LogP contribution >= 0.6 is 15.9 Å². The van der Waals surface area contributed by atoms with Gasteiger partial charge in [-0.2, -0.15) is 0 Å². The Morgan fingerprint density at radius 3 is 2.09 bits per heavy atom. The topological polar surface area (TPSA) is 27.7 Å². The van der Waals surface area contributed by atoms with Crippen LogP contribution in [0, 0.1) is 17.3 Å². The molecular formula is C27H49BrO3Si2. The smallest absolute Gasteiger partial charge is 0.192 e. The number of fused-ring (bicyclic) bond motifs is 1. The lowest BCUT2D eigenvalue weighted by atomic mass is 9.61. The fourth-order valence-electron chi connectivity index (χ4n) is 5.57. The molecule has 3 rings (SSSR count). The molecule has 3 aliphatic rings. The Morgan fingerprint density at radius 1 is 1.06 bits per heavy atom. The van der Waals surface area contributed by atoms with E-state index >= 15 is 0 Å². The molecule has 1 saturated heterocycles. The van der Waals surface area contributed by atoms with Crippen LogP contribution in [0.2, 0.25) is 36.3 Å². The first-order valence-corrected chi connectivity index (χ1v) is 19.6. The van der Waals surface area contributed by atoms with Crippen molar-refractivity contribution in [2.24, 2.45) is 17.3 Å². The minimum Gasteiger partial charge on any atom is -0.416 e. The quantitative estimate of drug-likeness (QED) is 0.188. The molecule has 0 aromatic carbocycles. The molecule has 1 spiro atoms. The van der Waals surface area contributed by atoms with Crippen LogP contribution in [0.15, 0.2) is 24.3 Å². The third-order valence-corrected chi connectivity index (χ3v) is 20.3. The molecular weight excluding hydrogens is 508 g/mol. The highest BCUT2D eigenvalue weighted by Crippen LogP contribution is 2.68. The number of hydrogen-bond acceptors (Lipinski definition) is 3. The van der Waals surface area contributed by atoms with E-state index in [1.165, 1.54) is 5.57 Å². The van der Waals surface area contributed by atoms with Gasteiger partial charge in [-0.05, 0) is 55.7 Å². The Balaban J connectivity index is 2.01.